The van der Waals surface area contributed by atoms with Crippen LogP contribution in [0.3, 0.4) is 0 Å². The summed E-state index contributed by atoms with van der Waals surface area (Å²) >= 11 is 19.3. The van der Waals surface area contributed by atoms with Gasteiger partial charge in [-0.05, 0) is 91.1 Å². The normalized spacial score (nSPS) is 23.2. The lowest BCUT2D eigenvalue weighted by Gasteiger charge is -2.37. The van der Waals surface area contributed by atoms with E-state index in [-0.39, 0.29) is 12.1 Å². The van der Waals surface area contributed by atoms with Crippen LogP contribution >= 0.6 is 35.4 Å². The minimum Gasteiger partial charge on any atom is -0.370 e. The number of thiocarbonyl (C=S) groups is 1. The van der Waals surface area contributed by atoms with Crippen LogP contribution in [-0.4, -0.2) is 27.8 Å². The van der Waals surface area contributed by atoms with Crippen molar-refractivity contribution in [3.8, 4) is 5.69 Å². The summed E-state index contributed by atoms with van der Waals surface area (Å²) in [6, 6.07) is 24.1. The molecule has 4 atom stereocenters. The van der Waals surface area contributed by atoms with Gasteiger partial charge in [-0.3, -0.25) is 4.98 Å². The summed E-state index contributed by atoms with van der Waals surface area (Å²) in [5.74, 6) is 1.28. The first kappa shape index (κ1) is 26.2. The number of pyridine rings is 1. The largest absolute Gasteiger partial charge is 0.370 e. The monoisotopic (exact) mass is 575 g/mol. The standard InChI is InChI=1S/C31H31Cl2N5S/c1-20-15-21(2)19-36(18-20)27-12-11-24(17-25(27)33)38-30(29(35-31(38)39)26-9-3-4-13-34-26)28-10-6-14-37(28)23-8-5-7-22(32)16-23/h3-14,16-17,20-21,29-30H,15,18-19H2,1-2H3,(H,35,39)/t20-,21+,29-,30-/m0/s1. The predicted molar refractivity (Wildman–Crippen MR) is 165 cm³/mol. The first-order chi connectivity index (χ1) is 18.9. The molecule has 4 aromatic rings. The summed E-state index contributed by atoms with van der Waals surface area (Å²) in [4.78, 5) is 9.28. The Morgan fingerprint density at radius 3 is 2.44 bits per heavy atom. The Labute approximate surface area is 245 Å². The fourth-order valence-corrected chi connectivity index (χ4v) is 7.02. The number of hydrogen-bond acceptors (Lipinski definition) is 3. The Morgan fingerprint density at radius 1 is 0.897 bits per heavy atom. The Morgan fingerprint density at radius 2 is 1.72 bits per heavy atom. The molecule has 0 unspecified atom stereocenters. The van der Waals surface area contributed by atoms with Crippen molar-refractivity contribution in [2.24, 2.45) is 11.8 Å². The zero-order valence-electron chi connectivity index (χ0n) is 22.0. The van der Waals surface area contributed by atoms with Crippen molar-refractivity contribution in [2.45, 2.75) is 32.4 Å². The number of anilines is 2. The molecule has 2 aromatic heterocycles. The summed E-state index contributed by atoms with van der Waals surface area (Å²) in [6.45, 7) is 6.67. The molecule has 5 nitrogen and oxygen atoms in total. The maximum atomic E-state index is 6.99. The highest BCUT2D eigenvalue weighted by Crippen LogP contribution is 2.44. The first-order valence-corrected chi connectivity index (χ1v) is 14.5. The highest BCUT2D eigenvalue weighted by molar-refractivity contribution is 7.80. The molecule has 1 N–H and O–H groups in total. The minimum absolute atomic E-state index is 0.159. The molecule has 39 heavy (non-hydrogen) atoms. The van der Waals surface area contributed by atoms with Gasteiger partial charge in [-0.25, -0.2) is 0 Å². The predicted octanol–water partition coefficient (Wildman–Crippen LogP) is 7.84. The van der Waals surface area contributed by atoms with E-state index >= 15 is 0 Å². The van der Waals surface area contributed by atoms with E-state index < -0.39 is 0 Å². The van der Waals surface area contributed by atoms with Gasteiger partial charge in [0.15, 0.2) is 5.11 Å². The Bertz CT molecular complexity index is 1480. The van der Waals surface area contributed by atoms with Gasteiger partial charge in [-0.1, -0.05) is 49.2 Å². The second kappa shape index (κ2) is 10.8. The van der Waals surface area contributed by atoms with Crippen molar-refractivity contribution in [2.75, 3.05) is 22.9 Å². The van der Waals surface area contributed by atoms with Crippen LogP contribution in [0.2, 0.25) is 10.0 Å². The van der Waals surface area contributed by atoms with Gasteiger partial charge in [0.2, 0.25) is 0 Å². The number of nitrogens with zero attached hydrogens (tertiary/aromatic N) is 4. The van der Waals surface area contributed by atoms with Crippen LogP contribution in [0.5, 0.6) is 0 Å². The summed E-state index contributed by atoms with van der Waals surface area (Å²) in [5.41, 5.74) is 5.00. The van der Waals surface area contributed by atoms with E-state index in [1.54, 1.807) is 0 Å². The van der Waals surface area contributed by atoms with Crippen molar-refractivity contribution in [3.63, 3.8) is 0 Å². The number of benzene rings is 2. The van der Waals surface area contributed by atoms with Gasteiger partial charge in [-0.2, -0.15) is 0 Å². The summed E-state index contributed by atoms with van der Waals surface area (Å²) < 4.78 is 2.17. The lowest BCUT2D eigenvalue weighted by atomic mass is 9.91. The van der Waals surface area contributed by atoms with Crippen LogP contribution in [0.15, 0.2) is 85.2 Å². The van der Waals surface area contributed by atoms with Crippen molar-refractivity contribution >= 4 is 51.9 Å². The van der Waals surface area contributed by atoms with E-state index in [1.165, 1.54) is 6.42 Å². The zero-order chi connectivity index (χ0) is 27.1. The fraction of sp³-hybridized carbons (Fsp3) is 0.290. The van der Waals surface area contributed by atoms with Gasteiger partial charge in [0.05, 0.1) is 22.4 Å². The molecule has 2 fully saturated rings. The molecular weight excluding hydrogens is 545 g/mol. The van der Waals surface area contributed by atoms with Crippen LogP contribution in [0.25, 0.3) is 5.69 Å². The topological polar surface area (TPSA) is 36.3 Å². The number of rotatable bonds is 5. The SMILES string of the molecule is C[C@@H]1C[C@H](C)CN(c2ccc(N3C(=S)N[C@@H](c4ccccn4)[C@@H]3c3cccn3-c3cccc(Cl)c3)cc2Cl)C1. The van der Waals surface area contributed by atoms with E-state index in [2.05, 4.69) is 76.1 Å². The van der Waals surface area contributed by atoms with E-state index in [1.807, 2.05) is 42.6 Å². The Kier molecular flexibility index (Phi) is 7.27. The van der Waals surface area contributed by atoms with Crippen molar-refractivity contribution in [3.05, 3.63) is 107 Å². The van der Waals surface area contributed by atoms with Gasteiger partial charge >= 0.3 is 0 Å². The van der Waals surface area contributed by atoms with E-state index in [9.17, 15) is 0 Å². The van der Waals surface area contributed by atoms with Gasteiger partial charge < -0.3 is 19.7 Å². The van der Waals surface area contributed by atoms with Crippen molar-refractivity contribution in [1.82, 2.24) is 14.9 Å². The van der Waals surface area contributed by atoms with E-state index in [0.29, 0.717) is 22.0 Å². The molecule has 2 saturated heterocycles. The summed E-state index contributed by atoms with van der Waals surface area (Å²) in [6.07, 6.45) is 5.13. The molecule has 0 aliphatic carbocycles. The number of aromatic nitrogens is 2. The molecule has 4 heterocycles. The van der Waals surface area contributed by atoms with Crippen molar-refractivity contribution < 1.29 is 0 Å². The average Bonchev–Trinajstić information content (AvgIpc) is 3.53. The number of hydrogen-bond donors (Lipinski definition) is 1. The van der Waals surface area contributed by atoms with Crippen LogP contribution in [-0.2, 0) is 0 Å². The third-order valence-corrected chi connectivity index (χ3v) is 8.54. The third-order valence-electron chi connectivity index (χ3n) is 7.69. The Hall–Kier alpha value is -3.06. The molecule has 2 aromatic carbocycles. The molecule has 200 valence electrons. The fourth-order valence-electron chi connectivity index (χ4n) is 6.19. The number of piperidine rings is 1. The smallest absolute Gasteiger partial charge is 0.174 e. The summed E-state index contributed by atoms with van der Waals surface area (Å²) in [7, 11) is 0. The highest BCUT2D eigenvalue weighted by Gasteiger charge is 2.42. The zero-order valence-corrected chi connectivity index (χ0v) is 24.3. The molecule has 0 radical (unpaired) electrons. The molecule has 6 rings (SSSR count). The molecule has 0 spiro atoms. The van der Waals surface area contributed by atoms with Crippen LogP contribution in [0.1, 0.15) is 43.7 Å². The van der Waals surface area contributed by atoms with Crippen molar-refractivity contribution in [1.29, 1.82) is 0 Å². The van der Waals surface area contributed by atoms with E-state index in [0.717, 1.165) is 46.6 Å². The summed E-state index contributed by atoms with van der Waals surface area (Å²) in [5, 5.41) is 5.62. The van der Waals surface area contributed by atoms with E-state index in [4.69, 9.17) is 40.4 Å². The maximum Gasteiger partial charge on any atom is 0.174 e. The van der Waals surface area contributed by atoms with Crippen LogP contribution < -0.4 is 15.1 Å². The second-order valence-corrected chi connectivity index (χ2v) is 12.0. The molecular formula is C31H31Cl2N5S. The lowest BCUT2D eigenvalue weighted by molar-refractivity contribution is 0.357. The molecule has 0 saturated carbocycles. The number of nitrogens with one attached hydrogen (secondary N) is 1. The second-order valence-electron chi connectivity index (χ2n) is 10.8. The molecule has 8 heteroatoms. The molecule has 0 amide bonds. The highest BCUT2D eigenvalue weighted by atomic mass is 35.5. The maximum absolute atomic E-state index is 6.99. The molecule has 2 aliphatic rings. The van der Waals surface area contributed by atoms with Gasteiger partial charge in [0.25, 0.3) is 0 Å². The molecule has 0 bridgehead atoms. The lowest BCUT2D eigenvalue weighted by Crippen LogP contribution is -2.38. The van der Waals surface area contributed by atoms with Gasteiger partial charge in [0.1, 0.15) is 6.04 Å². The first-order valence-electron chi connectivity index (χ1n) is 13.4. The van der Waals surface area contributed by atoms with Crippen LogP contribution in [0.4, 0.5) is 11.4 Å². The molecule has 2 aliphatic heterocycles. The van der Waals surface area contributed by atoms with Crippen LogP contribution in [0, 0.1) is 11.8 Å². The number of halogens is 2. The van der Waals surface area contributed by atoms with Gasteiger partial charge in [-0.15, -0.1) is 0 Å². The Balaban J connectivity index is 1.43. The third kappa shape index (κ3) is 5.13. The minimum atomic E-state index is -0.168. The average molecular weight is 577 g/mol. The quantitative estimate of drug-likeness (QED) is 0.245. The van der Waals surface area contributed by atoms with Gasteiger partial charge in [0, 0.05) is 47.6 Å².